The number of nitrogens with one attached hydrogen (secondary N) is 2. The quantitative estimate of drug-likeness (QED) is 0.618. The van der Waals surface area contributed by atoms with Gasteiger partial charge in [-0.2, -0.15) is 5.10 Å². The fourth-order valence-corrected chi connectivity index (χ4v) is 1.60. The number of hydrogen-bond donors (Lipinski definition) is 2. The number of methoxy groups -OCH3 is 1. The van der Waals surface area contributed by atoms with Crippen molar-refractivity contribution in [3.05, 3.63) is 54.0 Å². The Balaban J connectivity index is 1.77. The zero-order valence-corrected chi connectivity index (χ0v) is 11.9. The summed E-state index contributed by atoms with van der Waals surface area (Å²) in [6.45, 7) is -0.199. The van der Waals surface area contributed by atoms with Gasteiger partial charge in [0.1, 0.15) is 5.75 Å². The lowest BCUT2D eigenvalue weighted by molar-refractivity contribution is -0.120. The summed E-state index contributed by atoms with van der Waals surface area (Å²) >= 11 is 0. The van der Waals surface area contributed by atoms with Gasteiger partial charge >= 0.3 is 0 Å². The van der Waals surface area contributed by atoms with Gasteiger partial charge in [-0.3, -0.25) is 9.59 Å². The van der Waals surface area contributed by atoms with E-state index in [1.165, 1.54) is 18.5 Å². The van der Waals surface area contributed by atoms with E-state index >= 15 is 0 Å². The fourth-order valence-electron chi connectivity index (χ4n) is 1.60. The Morgan fingerprint density at radius 1 is 1.32 bits per heavy atom. The van der Waals surface area contributed by atoms with Gasteiger partial charge in [-0.1, -0.05) is 12.1 Å². The Morgan fingerprint density at radius 3 is 2.91 bits per heavy atom. The number of benzene rings is 1. The van der Waals surface area contributed by atoms with Crippen molar-refractivity contribution in [3.8, 4) is 5.75 Å². The van der Waals surface area contributed by atoms with Crippen molar-refractivity contribution in [2.75, 3.05) is 13.7 Å². The normalized spacial score (nSPS) is 10.4. The largest absolute Gasteiger partial charge is 0.497 e. The summed E-state index contributed by atoms with van der Waals surface area (Å²) in [5, 5.41) is 6.22. The molecular weight excluding hydrogens is 286 g/mol. The summed E-state index contributed by atoms with van der Waals surface area (Å²) < 4.78 is 9.98. The van der Waals surface area contributed by atoms with Gasteiger partial charge in [0.05, 0.1) is 26.1 Å². The number of rotatable bonds is 6. The van der Waals surface area contributed by atoms with Gasteiger partial charge in [0.15, 0.2) is 5.76 Å². The Kier molecular flexibility index (Phi) is 5.31. The van der Waals surface area contributed by atoms with Gasteiger partial charge < -0.3 is 14.5 Å². The first kappa shape index (κ1) is 15.3. The molecule has 2 amide bonds. The molecule has 0 fully saturated rings. The van der Waals surface area contributed by atoms with Gasteiger partial charge in [-0.25, -0.2) is 5.43 Å². The SMILES string of the molecule is COc1cccc(/C=N\NC(=O)CNC(=O)c2ccco2)c1. The van der Waals surface area contributed by atoms with Crippen LogP contribution in [0, 0.1) is 0 Å². The van der Waals surface area contributed by atoms with Crippen LogP contribution < -0.4 is 15.5 Å². The van der Waals surface area contributed by atoms with E-state index in [2.05, 4.69) is 15.8 Å². The third-order valence-corrected chi connectivity index (χ3v) is 2.65. The molecular formula is C15H15N3O4. The van der Waals surface area contributed by atoms with Crippen LogP contribution in [-0.2, 0) is 4.79 Å². The van der Waals surface area contributed by atoms with Gasteiger partial charge in [-0.15, -0.1) is 0 Å². The van der Waals surface area contributed by atoms with Crippen LogP contribution in [0.4, 0.5) is 0 Å². The number of carbonyl (C=O) groups excluding carboxylic acids is 2. The number of hydrazone groups is 1. The molecule has 114 valence electrons. The van der Waals surface area contributed by atoms with Crippen LogP contribution in [0.2, 0.25) is 0 Å². The van der Waals surface area contributed by atoms with E-state index in [0.29, 0.717) is 5.75 Å². The average Bonchev–Trinajstić information content (AvgIpc) is 3.07. The predicted octanol–water partition coefficient (Wildman–Crippen LogP) is 1.17. The lowest BCUT2D eigenvalue weighted by Gasteiger charge is -2.02. The summed E-state index contributed by atoms with van der Waals surface area (Å²) in [7, 11) is 1.57. The number of furan rings is 1. The number of nitrogens with zero attached hydrogens (tertiary/aromatic N) is 1. The smallest absolute Gasteiger partial charge is 0.287 e. The van der Waals surface area contributed by atoms with Crippen LogP contribution in [0.25, 0.3) is 0 Å². The number of ether oxygens (including phenoxy) is 1. The Morgan fingerprint density at radius 2 is 2.18 bits per heavy atom. The van der Waals surface area contributed by atoms with Crippen molar-refractivity contribution in [2.45, 2.75) is 0 Å². The monoisotopic (exact) mass is 301 g/mol. The average molecular weight is 301 g/mol. The van der Waals surface area contributed by atoms with Gasteiger partial charge in [0.2, 0.25) is 0 Å². The second-order valence-corrected chi connectivity index (χ2v) is 4.23. The highest BCUT2D eigenvalue weighted by Gasteiger charge is 2.09. The van der Waals surface area contributed by atoms with E-state index in [4.69, 9.17) is 9.15 Å². The maximum Gasteiger partial charge on any atom is 0.287 e. The number of amides is 2. The predicted molar refractivity (Wildman–Crippen MR) is 79.8 cm³/mol. The molecule has 0 radical (unpaired) electrons. The Hall–Kier alpha value is -3.09. The molecule has 7 nitrogen and oxygen atoms in total. The first-order valence-corrected chi connectivity index (χ1v) is 6.46. The van der Waals surface area contributed by atoms with Crippen LogP contribution >= 0.6 is 0 Å². The molecule has 0 saturated carbocycles. The van der Waals surface area contributed by atoms with E-state index in [1.807, 2.05) is 12.1 Å². The molecule has 1 aromatic carbocycles. The molecule has 0 aliphatic rings. The third-order valence-electron chi connectivity index (χ3n) is 2.65. The zero-order chi connectivity index (χ0) is 15.8. The van der Waals surface area contributed by atoms with E-state index in [-0.39, 0.29) is 12.3 Å². The first-order chi connectivity index (χ1) is 10.7. The van der Waals surface area contributed by atoms with Gasteiger partial charge in [0, 0.05) is 0 Å². The molecule has 0 aliphatic carbocycles. The minimum absolute atomic E-state index is 0.146. The summed E-state index contributed by atoms with van der Waals surface area (Å²) in [5.74, 6) is -0.0651. The molecule has 0 atom stereocenters. The summed E-state index contributed by atoms with van der Waals surface area (Å²) in [4.78, 5) is 23.1. The van der Waals surface area contributed by atoms with Crippen LogP contribution in [-0.4, -0.2) is 31.7 Å². The van der Waals surface area contributed by atoms with E-state index in [0.717, 1.165) is 5.56 Å². The van der Waals surface area contributed by atoms with Crippen LogP contribution in [0.5, 0.6) is 5.75 Å². The van der Waals surface area contributed by atoms with Crippen molar-refractivity contribution < 1.29 is 18.7 Å². The highest BCUT2D eigenvalue weighted by molar-refractivity contribution is 5.94. The molecule has 0 saturated heterocycles. The third kappa shape index (κ3) is 4.48. The number of hydrogen-bond acceptors (Lipinski definition) is 5. The number of carbonyl (C=O) groups is 2. The summed E-state index contributed by atoms with van der Waals surface area (Å²) in [6.07, 6.45) is 2.86. The maximum absolute atomic E-state index is 11.5. The van der Waals surface area contributed by atoms with Crippen molar-refractivity contribution in [1.29, 1.82) is 0 Å². The Bertz CT molecular complexity index is 665. The van der Waals surface area contributed by atoms with Crippen LogP contribution in [0.3, 0.4) is 0 Å². The summed E-state index contributed by atoms with van der Waals surface area (Å²) in [5.41, 5.74) is 3.09. The highest BCUT2D eigenvalue weighted by Crippen LogP contribution is 2.10. The topological polar surface area (TPSA) is 92.9 Å². The van der Waals surface area contributed by atoms with E-state index in [1.54, 1.807) is 25.3 Å². The van der Waals surface area contributed by atoms with Gasteiger partial charge in [0.25, 0.3) is 11.8 Å². The van der Waals surface area contributed by atoms with Crippen molar-refractivity contribution >= 4 is 18.0 Å². The molecule has 0 spiro atoms. The molecule has 2 rings (SSSR count). The molecule has 1 aromatic heterocycles. The lowest BCUT2D eigenvalue weighted by Crippen LogP contribution is -2.34. The molecule has 2 aromatic rings. The fraction of sp³-hybridized carbons (Fsp3) is 0.133. The first-order valence-electron chi connectivity index (χ1n) is 6.46. The van der Waals surface area contributed by atoms with E-state index in [9.17, 15) is 9.59 Å². The molecule has 0 bridgehead atoms. The lowest BCUT2D eigenvalue weighted by atomic mass is 10.2. The highest BCUT2D eigenvalue weighted by atomic mass is 16.5. The van der Waals surface area contributed by atoms with Crippen LogP contribution in [0.1, 0.15) is 16.1 Å². The van der Waals surface area contributed by atoms with Gasteiger partial charge in [-0.05, 0) is 29.8 Å². The second kappa shape index (κ2) is 7.63. The van der Waals surface area contributed by atoms with Crippen molar-refractivity contribution in [1.82, 2.24) is 10.7 Å². The molecule has 0 unspecified atom stereocenters. The van der Waals surface area contributed by atoms with Crippen molar-refractivity contribution in [3.63, 3.8) is 0 Å². The zero-order valence-electron chi connectivity index (χ0n) is 11.9. The molecule has 0 aliphatic heterocycles. The summed E-state index contributed by atoms with van der Waals surface area (Å²) in [6, 6.07) is 10.3. The van der Waals surface area contributed by atoms with Crippen molar-refractivity contribution in [2.24, 2.45) is 5.10 Å². The standard InChI is InChI=1S/C15H15N3O4/c1-21-12-5-2-4-11(8-12)9-17-18-14(19)10-16-15(20)13-6-3-7-22-13/h2-9H,10H2,1H3,(H,16,20)(H,18,19)/b17-9-. The maximum atomic E-state index is 11.5. The molecule has 1 heterocycles. The Labute approximate surface area is 127 Å². The van der Waals surface area contributed by atoms with Crippen LogP contribution in [0.15, 0.2) is 52.2 Å². The van der Waals surface area contributed by atoms with E-state index < -0.39 is 11.8 Å². The molecule has 22 heavy (non-hydrogen) atoms. The second-order valence-electron chi connectivity index (χ2n) is 4.23. The minimum atomic E-state index is -0.461. The minimum Gasteiger partial charge on any atom is -0.497 e. The molecule has 7 heteroatoms. The molecule has 2 N–H and O–H groups in total.